The van der Waals surface area contributed by atoms with Crippen LogP contribution in [0, 0.1) is 5.92 Å². The molecule has 2 saturated heterocycles. The molecule has 1 aromatic heterocycles. The molecule has 0 bridgehead atoms. The Morgan fingerprint density at radius 3 is 2.52 bits per heavy atom. The number of hydrogen-bond donors (Lipinski definition) is 0. The summed E-state index contributed by atoms with van der Waals surface area (Å²) in [5.41, 5.74) is 0. The van der Waals surface area contributed by atoms with E-state index in [-0.39, 0.29) is 17.9 Å². The van der Waals surface area contributed by atoms with Crippen molar-refractivity contribution in [3.05, 3.63) is 18.3 Å². The predicted molar refractivity (Wildman–Crippen MR) is 94.7 cm³/mol. The maximum absolute atomic E-state index is 12.8. The molecule has 0 saturated carbocycles. The fourth-order valence-electron chi connectivity index (χ4n) is 3.54. The third-order valence-electron chi connectivity index (χ3n) is 5.05. The van der Waals surface area contributed by atoms with E-state index in [4.69, 9.17) is 4.74 Å². The van der Waals surface area contributed by atoms with E-state index in [1.807, 2.05) is 9.80 Å². The summed E-state index contributed by atoms with van der Waals surface area (Å²) in [4.78, 5) is 35.0. The quantitative estimate of drug-likeness (QED) is 0.839. The Bertz CT molecular complexity index is 613. The summed E-state index contributed by atoms with van der Waals surface area (Å²) in [7, 11) is 3.32. The van der Waals surface area contributed by atoms with Gasteiger partial charge in [0.05, 0.1) is 19.2 Å². The van der Waals surface area contributed by atoms with Gasteiger partial charge in [0, 0.05) is 33.2 Å². The first kappa shape index (κ1) is 17.5. The van der Waals surface area contributed by atoms with Gasteiger partial charge in [0.25, 0.3) is 0 Å². The smallest absolute Gasteiger partial charge is 0.320 e. The molecule has 1 atom stereocenters. The van der Waals surface area contributed by atoms with Gasteiger partial charge in [-0.25, -0.2) is 9.78 Å². The summed E-state index contributed by atoms with van der Waals surface area (Å²) in [6.07, 6.45) is 5.42. The van der Waals surface area contributed by atoms with Gasteiger partial charge >= 0.3 is 6.03 Å². The van der Waals surface area contributed by atoms with Gasteiger partial charge in [-0.15, -0.1) is 0 Å². The first-order chi connectivity index (χ1) is 12.1. The van der Waals surface area contributed by atoms with Crippen molar-refractivity contribution in [2.45, 2.75) is 25.7 Å². The zero-order valence-electron chi connectivity index (χ0n) is 15.0. The van der Waals surface area contributed by atoms with Crippen molar-refractivity contribution in [3.8, 4) is 5.75 Å². The third kappa shape index (κ3) is 3.86. The summed E-state index contributed by atoms with van der Waals surface area (Å²) in [5, 5.41) is 0. The summed E-state index contributed by atoms with van der Waals surface area (Å²) in [5.74, 6) is 1.09. The number of pyridine rings is 1. The highest BCUT2D eigenvalue weighted by Crippen LogP contribution is 2.23. The van der Waals surface area contributed by atoms with Crippen LogP contribution >= 0.6 is 0 Å². The van der Waals surface area contributed by atoms with E-state index in [2.05, 4.69) is 4.98 Å². The van der Waals surface area contributed by atoms with E-state index >= 15 is 0 Å². The lowest BCUT2D eigenvalue weighted by Crippen LogP contribution is -2.50. The van der Waals surface area contributed by atoms with Gasteiger partial charge in [-0.2, -0.15) is 0 Å². The molecule has 3 heterocycles. The monoisotopic (exact) mass is 346 g/mol. The number of piperidine rings is 1. The number of rotatable bonds is 3. The van der Waals surface area contributed by atoms with Crippen LogP contribution in [0.15, 0.2) is 18.3 Å². The number of carbonyl (C=O) groups is 2. The number of nitrogens with zero attached hydrogens (tertiary/aromatic N) is 4. The molecule has 0 aromatic carbocycles. The van der Waals surface area contributed by atoms with Gasteiger partial charge in [0.15, 0.2) is 0 Å². The topological polar surface area (TPSA) is 66.0 Å². The first-order valence-corrected chi connectivity index (χ1v) is 8.91. The molecule has 0 radical (unpaired) electrons. The number of urea groups is 1. The minimum Gasteiger partial charge on any atom is -0.495 e. The Hall–Kier alpha value is -2.31. The average Bonchev–Trinajstić information content (AvgIpc) is 3.21. The molecule has 7 nitrogen and oxygen atoms in total. The number of anilines is 1. The molecular weight excluding hydrogens is 320 g/mol. The predicted octanol–water partition coefficient (Wildman–Crippen LogP) is 1.98. The molecule has 7 heteroatoms. The standard InChI is InChI=1S/C18H26N4O3/c1-20(16-8-7-15(25-2)12-19-16)17(23)14-6-5-11-22(13-14)18(24)21-9-3-4-10-21/h7-8,12,14H,3-6,9-11,13H2,1-2H3. The number of ether oxygens (including phenoxy) is 1. The lowest BCUT2D eigenvalue weighted by molar-refractivity contribution is -0.123. The second-order valence-electron chi connectivity index (χ2n) is 6.72. The fraction of sp³-hybridized carbons (Fsp3) is 0.611. The highest BCUT2D eigenvalue weighted by molar-refractivity contribution is 5.94. The van der Waals surface area contributed by atoms with Crippen LogP contribution in [0.25, 0.3) is 0 Å². The summed E-state index contributed by atoms with van der Waals surface area (Å²) < 4.78 is 5.10. The molecule has 1 aromatic rings. The van der Waals surface area contributed by atoms with Gasteiger partial charge in [0.2, 0.25) is 5.91 Å². The number of hydrogen-bond acceptors (Lipinski definition) is 4. The molecular formula is C18H26N4O3. The van der Waals surface area contributed by atoms with Crippen LogP contribution in [-0.4, -0.2) is 67.1 Å². The molecule has 3 rings (SSSR count). The van der Waals surface area contributed by atoms with Crippen molar-refractivity contribution in [1.82, 2.24) is 14.8 Å². The van der Waals surface area contributed by atoms with Crippen LogP contribution in [0.3, 0.4) is 0 Å². The number of amides is 3. The lowest BCUT2D eigenvalue weighted by atomic mass is 9.97. The fourth-order valence-corrected chi connectivity index (χ4v) is 3.54. The molecule has 0 spiro atoms. The van der Waals surface area contributed by atoms with E-state index in [1.54, 1.807) is 37.4 Å². The van der Waals surface area contributed by atoms with E-state index in [0.717, 1.165) is 45.3 Å². The van der Waals surface area contributed by atoms with E-state index in [9.17, 15) is 9.59 Å². The van der Waals surface area contributed by atoms with Gasteiger partial charge in [-0.1, -0.05) is 0 Å². The number of aromatic nitrogens is 1. The Labute approximate surface area is 148 Å². The zero-order valence-corrected chi connectivity index (χ0v) is 15.0. The van der Waals surface area contributed by atoms with Crippen LogP contribution < -0.4 is 9.64 Å². The van der Waals surface area contributed by atoms with Gasteiger partial charge in [-0.3, -0.25) is 9.69 Å². The van der Waals surface area contributed by atoms with Crippen LogP contribution in [0.1, 0.15) is 25.7 Å². The second kappa shape index (κ2) is 7.72. The molecule has 2 fully saturated rings. The van der Waals surface area contributed by atoms with Gasteiger partial charge in [-0.05, 0) is 37.8 Å². The SMILES string of the molecule is COc1ccc(N(C)C(=O)C2CCCN(C(=O)N3CCCC3)C2)nc1. The maximum atomic E-state index is 12.8. The van der Waals surface area contributed by atoms with Crippen LogP contribution in [0.5, 0.6) is 5.75 Å². The van der Waals surface area contributed by atoms with Crippen LogP contribution in [-0.2, 0) is 4.79 Å². The van der Waals surface area contributed by atoms with Crippen molar-refractivity contribution in [1.29, 1.82) is 0 Å². The Kier molecular flexibility index (Phi) is 5.40. The molecule has 3 amide bonds. The molecule has 25 heavy (non-hydrogen) atoms. The van der Waals surface area contributed by atoms with Crippen LogP contribution in [0.4, 0.5) is 10.6 Å². The van der Waals surface area contributed by atoms with Crippen molar-refractivity contribution < 1.29 is 14.3 Å². The molecule has 2 aliphatic heterocycles. The zero-order chi connectivity index (χ0) is 17.8. The number of carbonyl (C=O) groups excluding carboxylic acids is 2. The largest absolute Gasteiger partial charge is 0.495 e. The molecule has 0 N–H and O–H groups in total. The molecule has 0 aliphatic carbocycles. The second-order valence-corrected chi connectivity index (χ2v) is 6.72. The minimum atomic E-state index is -0.172. The Morgan fingerprint density at radius 1 is 1.16 bits per heavy atom. The third-order valence-corrected chi connectivity index (χ3v) is 5.05. The summed E-state index contributed by atoms with van der Waals surface area (Å²) >= 11 is 0. The number of likely N-dealkylation sites (tertiary alicyclic amines) is 2. The van der Waals surface area contributed by atoms with E-state index in [0.29, 0.717) is 18.1 Å². The highest BCUT2D eigenvalue weighted by atomic mass is 16.5. The summed E-state index contributed by atoms with van der Waals surface area (Å²) in [6.45, 7) is 2.91. The van der Waals surface area contributed by atoms with Gasteiger partial charge < -0.3 is 14.5 Å². The minimum absolute atomic E-state index is 0.0107. The molecule has 136 valence electrons. The Balaban J connectivity index is 1.63. The first-order valence-electron chi connectivity index (χ1n) is 8.91. The molecule has 1 unspecified atom stereocenters. The Morgan fingerprint density at radius 2 is 1.88 bits per heavy atom. The van der Waals surface area contributed by atoms with E-state index < -0.39 is 0 Å². The van der Waals surface area contributed by atoms with Crippen molar-refractivity contribution in [2.24, 2.45) is 5.92 Å². The van der Waals surface area contributed by atoms with Crippen molar-refractivity contribution >= 4 is 17.8 Å². The molecule has 2 aliphatic rings. The summed E-state index contributed by atoms with van der Waals surface area (Å²) in [6, 6.07) is 3.64. The van der Waals surface area contributed by atoms with Crippen molar-refractivity contribution in [3.63, 3.8) is 0 Å². The lowest BCUT2D eigenvalue weighted by Gasteiger charge is -2.35. The maximum Gasteiger partial charge on any atom is 0.320 e. The van der Waals surface area contributed by atoms with Crippen LogP contribution in [0.2, 0.25) is 0 Å². The van der Waals surface area contributed by atoms with Crippen molar-refractivity contribution in [2.75, 3.05) is 45.2 Å². The van der Waals surface area contributed by atoms with Gasteiger partial charge in [0.1, 0.15) is 11.6 Å². The highest BCUT2D eigenvalue weighted by Gasteiger charge is 2.33. The van der Waals surface area contributed by atoms with E-state index in [1.165, 1.54) is 0 Å². The number of methoxy groups -OCH3 is 1. The average molecular weight is 346 g/mol. The normalized spacial score (nSPS) is 20.5.